The van der Waals surface area contributed by atoms with Gasteiger partial charge >= 0.3 is 6.03 Å². The molecule has 1 spiro atoms. The molecule has 2 heterocycles. The zero-order valence-electron chi connectivity index (χ0n) is 17.2. The van der Waals surface area contributed by atoms with Crippen molar-refractivity contribution in [3.63, 3.8) is 0 Å². The molecule has 0 unspecified atom stereocenters. The van der Waals surface area contributed by atoms with E-state index in [1.54, 1.807) is 31.4 Å². The molecule has 1 saturated heterocycles. The number of nitrogens with zero attached hydrogens (tertiary/aromatic N) is 5. The van der Waals surface area contributed by atoms with Crippen LogP contribution in [0.25, 0.3) is 5.69 Å². The number of methoxy groups -OCH3 is 1. The lowest BCUT2D eigenvalue weighted by Crippen LogP contribution is -2.51. The highest BCUT2D eigenvalue weighted by Gasteiger charge is 2.52. The van der Waals surface area contributed by atoms with E-state index in [1.807, 2.05) is 0 Å². The number of hydrazine groups is 1. The van der Waals surface area contributed by atoms with Gasteiger partial charge in [-0.15, -0.1) is 5.10 Å². The maximum atomic E-state index is 12.8. The number of amides is 4. The molecule has 31 heavy (non-hydrogen) atoms. The van der Waals surface area contributed by atoms with Crippen molar-refractivity contribution in [2.45, 2.75) is 43.3 Å². The van der Waals surface area contributed by atoms with E-state index in [0.717, 1.165) is 29.6 Å². The Morgan fingerprint density at radius 1 is 1.29 bits per heavy atom. The molecular weight excluding hydrogens is 422 g/mol. The number of ether oxygens (including phenoxy) is 1. The first-order valence-corrected chi connectivity index (χ1v) is 10.9. The second kappa shape index (κ2) is 8.53. The molecule has 2 fully saturated rings. The number of urea groups is 1. The minimum atomic E-state index is -0.900. The van der Waals surface area contributed by atoms with Crippen molar-refractivity contribution in [2.75, 3.05) is 12.9 Å². The molecule has 4 rings (SSSR count). The Kier molecular flexibility index (Phi) is 5.81. The van der Waals surface area contributed by atoms with Crippen molar-refractivity contribution in [1.29, 1.82) is 0 Å². The fraction of sp³-hybridized carbons (Fsp3) is 0.474. The number of benzene rings is 1. The number of carbonyl (C=O) groups is 3. The number of hydrogen-bond acceptors (Lipinski definition) is 8. The van der Waals surface area contributed by atoms with Gasteiger partial charge in [0, 0.05) is 0 Å². The van der Waals surface area contributed by atoms with Gasteiger partial charge in [0.15, 0.2) is 0 Å². The first kappa shape index (κ1) is 21.1. The molecule has 1 aromatic carbocycles. The second-order valence-corrected chi connectivity index (χ2v) is 8.67. The van der Waals surface area contributed by atoms with Gasteiger partial charge in [-0.25, -0.2) is 4.79 Å². The van der Waals surface area contributed by atoms with E-state index in [1.165, 1.54) is 4.68 Å². The van der Waals surface area contributed by atoms with Gasteiger partial charge in [0.25, 0.3) is 5.91 Å². The number of nitrogens with one attached hydrogen (secondary N) is 2. The third kappa shape index (κ3) is 4.20. The molecule has 1 saturated carbocycles. The lowest BCUT2D eigenvalue weighted by Gasteiger charge is -2.33. The Morgan fingerprint density at radius 3 is 2.68 bits per heavy atom. The highest BCUT2D eigenvalue weighted by molar-refractivity contribution is 7.99. The fourth-order valence-corrected chi connectivity index (χ4v) is 4.44. The zero-order valence-corrected chi connectivity index (χ0v) is 18.0. The molecule has 2 N–H and O–H groups in total. The molecule has 2 aromatic rings. The lowest BCUT2D eigenvalue weighted by molar-refractivity contribution is -0.139. The van der Waals surface area contributed by atoms with Crippen molar-refractivity contribution in [3.05, 3.63) is 24.3 Å². The number of imide groups is 1. The molecule has 1 aliphatic carbocycles. The second-order valence-electron chi connectivity index (χ2n) is 7.73. The maximum Gasteiger partial charge on any atom is 0.344 e. The molecular formula is C19H23N7O4S. The molecule has 2 aliphatic rings. The third-order valence-corrected chi connectivity index (χ3v) is 6.54. The van der Waals surface area contributed by atoms with Crippen LogP contribution < -0.4 is 15.5 Å². The van der Waals surface area contributed by atoms with Gasteiger partial charge in [-0.05, 0) is 66.3 Å². The monoisotopic (exact) mass is 445 g/mol. The number of hydrogen-bond donors (Lipinski definition) is 2. The smallest absolute Gasteiger partial charge is 0.344 e. The van der Waals surface area contributed by atoms with Crippen molar-refractivity contribution >= 4 is 29.6 Å². The topological polar surface area (TPSA) is 131 Å². The maximum absolute atomic E-state index is 12.8. The minimum Gasteiger partial charge on any atom is -0.497 e. The Balaban J connectivity index is 1.36. The normalized spacial score (nSPS) is 23.2. The van der Waals surface area contributed by atoms with E-state index < -0.39 is 23.4 Å². The van der Waals surface area contributed by atoms with Gasteiger partial charge in [-0.2, -0.15) is 9.69 Å². The number of carbonyl (C=O) groups excluding carboxylic acids is 3. The molecule has 164 valence electrons. The fourth-order valence-electron chi connectivity index (χ4n) is 3.76. The van der Waals surface area contributed by atoms with E-state index in [9.17, 15) is 14.4 Å². The number of rotatable bonds is 6. The minimum absolute atomic E-state index is 0.0718. The van der Waals surface area contributed by atoms with Crippen LogP contribution in [0.4, 0.5) is 4.79 Å². The first-order chi connectivity index (χ1) is 14.9. The largest absolute Gasteiger partial charge is 0.497 e. The summed E-state index contributed by atoms with van der Waals surface area (Å²) in [4.78, 5) is 37.6. The molecule has 0 radical (unpaired) electrons. The molecule has 12 heteroatoms. The quantitative estimate of drug-likeness (QED) is 0.502. The number of tetrazole rings is 1. The van der Waals surface area contributed by atoms with Crippen LogP contribution in [0.1, 0.15) is 32.6 Å². The SMILES string of the molecule is COc1ccc(-n2nnnc2SCC(=O)NN2C(=O)NC3(CCC(C)CC3)C2=O)cc1. The molecule has 0 atom stereocenters. The summed E-state index contributed by atoms with van der Waals surface area (Å²) in [6.07, 6.45) is 2.88. The van der Waals surface area contributed by atoms with Crippen molar-refractivity contribution in [2.24, 2.45) is 5.92 Å². The van der Waals surface area contributed by atoms with Crippen LogP contribution in [0.15, 0.2) is 29.4 Å². The standard InChI is InChI=1S/C19H23N7O4S/c1-12-7-9-19(10-8-12)16(28)26(17(29)20-19)22-15(27)11-31-18-21-23-24-25(18)13-3-5-14(30-2)6-4-13/h3-6,12H,7-11H2,1-2H3,(H,20,29)(H,22,27). The van der Waals surface area contributed by atoms with Crippen LogP contribution in [0.5, 0.6) is 5.75 Å². The molecule has 0 bridgehead atoms. The van der Waals surface area contributed by atoms with Gasteiger partial charge in [0.2, 0.25) is 11.1 Å². The highest BCUT2D eigenvalue weighted by Crippen LogP contribution is 2.35. The van der Waals surface area contributed by atoms with Crippen LogP contribution in [0.2, 0.25) is 0 Å². The summed E-state index contributed by atoms with van der Waals surface area (Å²) in [5.74, 6) is 0.249. The average Bonchev–Trinajstić information content (AvgIpc) is 3.33. The summed E-state index contributed by atoms with van der Waals surface area (Å²) in [7, 11) is 1.58. The van der Waals surface area contributed by atoms with Crippen LogP contribution in [0.3, 0.4) is 0 Å². The Hall–Kier alpha value is -3.15. The van der Waals surface area contributed by atoms with E-state index in [4.69, 9.17) is 4.74 Å². The summed E-state index contributed by atoms with van der Waals surface area (Å²) in [5.41, 5.74) is 2.22. The molecule has 1 aromatic heterocycles. The summed E-state index contributed by atoms with van der Waals surface area (Å²) < 4.78 is 6.63. The number of thioether (sulfide) groups is 1. The van der Waals surface area contributed by atoms with E-state index in [0.29, 0.717) is 35.4 Å². The van der Waals surface area contributed by atoms with Crippen LogP contribution in [0, 0.1) is 5.92 Å². The third-order valence-electron chi connectivity index (χ3n) is 5.62. The predicted molar refractivity (Wildman–Crippen MR) is 110 cm³/mol. The summed E-state index contributed by atoms with van der Waals surface area (Å²) >= 11 is 1.09. The van der Waals surface area contributed by atoms with Crippen LogP contribution in [-0.2, 0) is 9.59 Å². The predicted octanol–water partition coefficient (Wildman–Crippen LogP) is 1.29. The molecule has 4 amide bonds. The van der Waals surface area contributed by atoms with Crippen LogP contribution in [-0.4, -0.2) is 61.5 Å². The van der Waals surface area contributed by atoms with Gasteiger partial charge in [0.05, 0.1) is 18.6 Å². The van der Waals surface area contributed by atoms with Gasteiger partial charge in [0.1, 0.15) is 11.3 Å². The first-order valence-electron chi connectivity index (χ1n) is 9.94. The Labute approximate surface area is 182 Å². The summed E-state index contributed by atoms with van der Waals surface area (Å²) in [6.45, 7) is 2.13. The average molecular weight is 446 g/mol. The lowest BCUT2D eigenvalue weighted by atomic mass is 9.77. The zero-order chi connectivity index (χ0) is 22.0. The van der Waals surface area contributed by atoms with Gasteiger partial charge in [-0.3, -0.25) is 15.0 Å². The van der Waals surface area contributed by atoms with E-state index in [-0.39, 0.29) is 5.75 Å². The summed E-state index contributed by atoms with van der Waals surface area (Å²) in [5, 5.41) is 15.5. The molecule has 11 nitrogen and oxygen atoms in total. The van der Waals surface area contributed by atoms with E-state index in [2.05, 4.69) is 33.2 Å². The van der Waals surface area contributed by atoms with Crippen molar-refractivity contribution < 1.29 is 19.1 Å². The Morgan fingerprint density at radius 2 is 2.00 bits per heavy atom. The highest BCUT2D eigenvalue weighted by atomic mass is 32.2. The molecule has 1 aliphatic heterocycles. The summed E-state index contributed by atoms with van der Waals surface area (Å²) in [6, 6.07) is 6.53. The van der Waals surface area contributed by atoms with Crippen molar-refractivity contribution in [1.82, 2.24) is 36.0 Å². The Bertz CT molecular complexity index is 985. The number of aromatic nitrogens is 4. The van der Waals surface area contributed by atoms with E-state index >= 15 is 0 Å². The van der Waals surface area contributed by atoms with Gasteiger partial charge in [-0.1, -0.05) is 18.7 Å². The van der Waals surface area contributed by atoms with Crippen LogP contribution >= 0.6 is 11.8 Å². The van der Waals surface area contributed by atoms with Crippen molar-refractivity contribution in [3.8, 4) is 11.4 Å². The van der Waals surface area contributed by atoms with Gasteiger partial charge < -0.3 is 10.1 Å².